The van der Waals surface area contributed by atoms with Crippen molar-refractivity contribution in [3.05, 3.63) is 0 Å². The molecule has 0 rings (SSSR count). The molecule has 0 aliphatic carbocycles. The van der Waals surface area contributed by atoms with Gasteiger partial charge in [-0.1, -0.05) is 0 Å². The summed E-state index contributed by atoms with van der Waals surface area (Å²) in [6.07, 6.45) is 0. The van der Waals surface area contributed by atoms with Crippen LogP contribution in [0.5, 0.6) is 0 Å². The predicted molar refractivity (Wildman–Crippen MR) is 40.4 cm³/mol. The second-order valence-electron chi connectivity index (χ2n) is 0. The third-order valence-electron chi connectivity index (χ3n) is 0. The van der Waals surface area contributed by atoms with Gasteiger partial charge in [0.1, 0.15) is 0 Å². The van der Waals surface area contributed by atoms with Crippen LogP contribution in [-0.2, 0) is 5.48 Å². The predicted octanol–water partition coefficient (Wildman–Crippen LogP) is -10.8. The van der Waals surface area contributed by atoms with Crippen LogP contribution in [0.2, 0.25) is 0 Å². The molecule has 0 aromatic carbocycles. The average molecular weight is 482 g/mol. The number of rotatable bonds is 0. The Hall–Kier alpha value is 3.05. The fourth-order valence-electron chi connectivity index (χ4n) is 0. The van der Waals surface area contributed by atoms with Gasteiger partial charge in [-0.05, 0) is 0 Å². The molecule has 0 spiro atoms. The molecule has 0 fully saturated rings. The molecule has 0 aromatic rings. The fourth-order valence-corrected chi connectivity index (χ4v) is 0. The van der Waals surface area contributed by atoms with Crippen LogP contribution in [0.1, 0.15) is 0 Å². The first kappa shape index (κ1) is 88.5. The third kappa shape index (κ3) is 48.3. The molecule has 0 atom stereocenters. The smallest absolute Gasteiger partial charge is 1.00 e. The Balaban J connectivity index is 0. The maximum Gasteiger partial charge on any atom is 1.00 e. The van der Waals surface area contributed by atoms with Crippen LogP contribution in [0.4, 0.5) is 0 Å². The van der Waals surface area contributed by atoms with Gasteiger partial charge in [-0.15, -0.1) is 0 Å². The van der Waals surface area contributed by atoms with Gasteiger partial charge in [-0.25, -0.2) is 0 Å². The Morgan fingerprint density at radius 1 is 0.571 bits per heavy atom. The second-order valence-corrected chi connectivity index (χ2v) is 0. The van der Waals surface area contributed by atoms with Gasteiger partial charge in [-0.2, -0.15) is 0 Å². The summed E-state index contributed by atoms with van der Waals surface area (Å²) in [5, 5.41) is 0. The van der Waals surface area contributed by atoms with Gasteiger partial charge in [0.05, 0.1) is 16.8 Å². The van der Waals surface area contributed by atoms with Crippen molar-refractivity contribution in [1.82, 2.24) is 0 Å². The first-order valence-corrected chi connectivity index (χ1v) is 0. The summed E-state index contributed by atoms with van der Waals surface area (Å²) >= 11 is 0. The van der Waals surface area contributed by atoms with Gasteiger partial charge < -0.3 is 5.48 Å². The summed E-state index contributed by atoms with van der Waals surface area (Å²) in [5.41, 5.74) is 0. The van der Waals surface area contributed by atoms with Crippen LogP contribution in [0, 0.1) is 0 Å². The van der Waals surface area contributed by atoms with Crippen molar-refractivity contribution in [2.75, 3.05) is 0 Å². The average Bonchev–Trinajstić information content (AvgIpc) is 0. The van der Waals surface area contributed by atoms with Crippen LogP contribution in [0.3, 0.4) is 0 Å². The zero-order chi connectivity index (χ0) is 0. The molecule has 0 amide bonds. The molecule has 7 heavy (non-hydrogen) atoms. The van der Waals surface area contributed by atoms with Crippen LogP contribution >= 0.6 is 0 Å². The van der Waals surface area contributed by atoms with Crippen molar-refractivity contribution in [2.24, 2.45) is 0 Å². The van der Waals surface area contributed by atoms with Gasteiger partial charge in [0, 0.05) is 0 Å². The normalized spacial score (nSPS) is 0. The minimum absolute atomic E-state index is 0. The van der Waals surface area contributed by atoms with Crippen molar-refractivity contribution in [3.8, 4) is 0 Å². The molecule has 0 saturated carbocycles. The first-order valence-electron chi connectivity index (χ1n) is 0. The maximum absolute atomic E-state index is 0. The fraction of sp³-hybridized carbons (Fsp3) is 0. The standard InChI is InChI=1S/2BH3.2Bi.2Li.O.6H/h2*1H3;;;;;;;;;;;/q;;;;2*+1;-2;;;;;;. The Labute approximate surface area is 111 Å². The SMILES string of the molecule is B.B.[BiH3].[BiH3].[Li+].[Li+].[O-2]. The molecule has 0 unspecified atom stereocenters. The number of hydrogen-bond acceptors (Lipinski definition) is 0. The summed E-state index contributed by atoms with van der Waals surface area (Å²) in [5.74, 6) is 0. The zero-order valence-electron chi connectivity index (χ0n) is 3.82. The van der Waals surface area contributed by atoms with E-state index < -0.39 is 0 Å². The monoisotopic (exact) mass is 482 g/mol. The van der Waals surface area contributed by atoms with E-state index in [9.17, 15) is 0 Å². The van der Waals surface area contributed by atoms with Gasteiger partial charge in [0.25, 0.3) is 0 Å². The molecule has 7 heteroatoms. The molecular weight excluding hydrogens is 469 g/mol. The van der Waals surface area contributed by atoms with Crippen molar-refractivity contribution in [3.63, 3.8) is 0 Å². The second kappa shape index (κ2) is 63.0. The minimum atomic E-state index is 0. The molecule has 0 aromatic heterocycles. The van der Waals surface area contributed by atoms with E-state index in [4.69, 9.17) is 0 Å². The van der Waals surface area contributed by atoms with Crippen molar-refractivity contribution >= 4 is 69.2 Å². The zero-order valence-corrected chi connectivity index (χ0v) is 14.8. The molecule has 36 valence electrons. The van der Waals surface area contributed by atoms with Gasteiger partial charge in [0.15, 0.2) is 0 Å². The van der Waals surface area contributed by atoms with Crippen LogP contribution in [0.25, 0.3) is 0 Å². The van der Waals surface area contributed by atoms with E-state index in [1.807, 2.05) is 0 Å². The summed E-state index contributed by atoms with van der Waals surface area (Å²) in [6, 6.07) is 0. The van der Waals surface area contributed by atoms with Crippen LogP contribution in [-0.4, -0.2) is 69.2 Å². The quantitative estimate of drug-likeness (QED) is 0.308. The van der Waals surface area contributed by atoms with Gasteiger partial charge in [0.2, 0.25) is 0 Å². The molecule has 1 nitrogen and oxygen atoms in total. The molecular formula is H12B2Bi2Li2O. The van der Waals surface area contributed by atoms with Crippen molar-refractivity contribution < 1.29 is 43.2 Å². The van der Waals surface area contributed by atoms with E-state index in [1.165, 1.54) is 0 Å². The maximum atomic E-state index is 0. The van der Waals surface area contributed by atoms with Gasteiger partial charge >= 0.3 is 90.1 Å². The molecule has 0 aliphatic heterocycles. The van der Waals surface area contributed by atoms with Crippen LogP contribution < -0.4 is 37.7 Å². The van der Waals surface area contributed by atoms with Crippen LogP contribution in [0.15, 0.2) is 0 Å². The summed E-state index contributed by atoms with van der Waals surface area (Å²) in [7, 11) is 0. The third-order valence-corrected chi connectivity index (χ3v) is 0. The van der Waals surface area contributed by atoms with E-state index in [2.05, 4.69) is 0 Å². The molecule has 0 aliphatic rings. The molecule has 0 N–H and O–H groups in total. The Morgan fingerprint density at radius 2 is 0.571 bits per heavy atom. The summed E-state index contributed by atoms with van der Waals surface area (Å²) < 4.78 is 0. The van der Waals surface area contributed by atoms with E-state index in [0.717, 1.165) is 0 Å². The minimum Gasteiger partial charge on any atom is -2.00 e. The summed E-state index contributed by atoms with van der Waals surface area (Å²) in [6.45, 7) is 0. The topological polar surface area (TPSA) is 28.5 Å². The first-order chi connectivity index (χ1) is 0. The van der Waals surface area contributed by atoms with E-state index in [0.29, 0.717) is 0 Å². The Morgan fingerprint density at radius 3 is 0.571 bits per heavy atom. The van der Waals surface area contributed by atoms with Crippen molar-refractivity contribution in [2.45, 2.75) is 0 Å². The van der Waals surface area contributed by atoms with Gasteiger partial charge in [-0.3, -0.25) is 0 Å². The summed E-state index contributed by atoms with van der Waals surface area (Å²) in [4.78, 5) is 0. The van der Waals surface area contributed by atoms with Crippen molar-refractivity contribution in [1.29, 1.82) is 0 Å². The molecule has 0 heterocycles. The largest absolute Gasteiger partial charge is 2.00 e. The van der Waals surface area contributed by atoms with E-state index >= 15 is 0 Å². The molecule has 0 saturated heterocycles. The number of hydrogen-bond donors (Lipinski definition) is 0. The Kier molecular flexibility index (Phi) is 796. The molecule has 0 radical (unpaired) electrons. The van der Waals surface area contributed by atoms with E-state index in [-0.39, 0.29) is 112 Å². The Bertz CT molecular complexity index is 13.7. The molecule has 0 bridgehead atoms. The van der Waals surface area contributed by atoms with E-state index in [1.54, 1.807) is 0 Å².